The normalized spacial score (nSPS) is 16.5. The predicted octanol–water partition coefficient (Wildman–Crippen LogP) is 3.38. The Kier molecular flexibility index (Phi) is 10.4. The Bertz CT molecular complexity index is 564. The Morgan fingerprint density at radius 1 is 1.11 bits per heavy atom. The molecule has 3 N–H and O–H groups in total. The van der Waals surface area contributed by atoms with E-state index in [0.717, 1.165) is 38.4 Å². The van der Waals surface area contributed by atoms with Gasteiger partial charge in [0.2, 0.25) is 0 Å². The molecule has 28 heavy (non-hydrogen) atoms. The van der Waals surface area contributed by atoms with Crippen LogP contribution in [0.2, 0.25) is 0 Å². The molecule has 0 spiro atoms. The van der Waals surface area contributed by atoms with Crippen molar-refractivity contribution >= 4 is 5.96 Å². The third-order valence-electron chi connectivity index (χ3n) is 5.29. The monoisotopic (exact) mass is 388 g/mol. The maximum absolute atomic E-state index is 9.31. The number of aliphatic hydroxyl groups is 1. The van der Waals surface area contributed by atoms with E-state index in [4.69, 9.17) is 4.99 Å². The number of hydrogen-bond donors (Lipinski definition) is 3. The molecule has 1 unspecified atom stereocenters. The first-order valence-electron chi connectivity index (χ1n) is 11.0. The molecule has 1 heterocycles. The lowest BCUT2D eigenvalue weighted by atomic mass is 9.94. The Labute approximate surface area is 171 Å². The molecule has 0 amide bonds. The summed E-state index contributed by atoms with van der Waals surface area (Å²) >= 11 is 0. The molecule has 0 radical (unpaired) electrons. The molecule has 1 aliphatic rings. The number of nitrogens with one attached hydrogen (secondary N) is 2. The minimum Gasteiger partial charge on any atom is -0.396 e. The summed E-state index contributed by atoms with van der Waals surface area (Å²) in [5.41, 5.74) is 2.62. The van der Waals surface area contributed by atoms with Crippen LogP contribution in [0.25, 0.3) is 0 Å². The summed E-state index contributed by atoms with van der Waals surface area (Å²) in [5.74, 6) is 1.96. The van der Waals surface area contributed by atoms with Crippen molar-refractivity contribution in [2.45, 2.75) is 59.5 Å². The van der Waals surface area contributed by atoms with Gasteiger partial charge < -0.3 is 15.7 Å². The highest BCUT2D eigenvalue weighted by Crippen LogP contribution is 2.15. The number of guanidine groups is 1. The first kappa shape index (κ1) is 22.7. The fourth-order valence-electron chi connectivity index (χ4n) is 3.85. The second kappa shape index (κ2) is 12.8. The summed E-state index contributed by atoms with van der Waals surface area (Å²) in [6.45, 7) is 12.7. The van der Waals surface area contributed by atoms with Gasteiger partial charge in [0.25, 0.3) is 0 Å². The summed E-state index contributed by atoms with van der Waals surface area (Å²) in [5, 5.41) is 16.1. The first-order chi connectivity index (χ1) is 13.6. The van der Waals surface area contributed by atoms with Gasteiger partial charge in [0.15, 0.2) is 5.96 Å². The van der Waals surface area contributed by atoms with Gasteiger partial charge >= 0.3 is 0 Å². The number of aliphatic hydroxyl groups excluding tert-OH is 1. The van der Waals surface area contributed by atoms with Crippen molar-refractivity contribution in [2.24, 2.45) is 16.8 Å². The lowest BCUT2D eigenvalue weighted by molar-refractivity contribution is 0.243. The molecule has 158 valence electrons. The van der Waals surface area contributed by atoms with E-state index in [-0.39, 0.29) is 6.61 Å². The molecule has 2 rings (SSSR count). The van der Waals surface area contributed by atoms with Crippen molar-refractivity contribution in [2.75, 3.05) is 32.8 Å². The third kappa shape index (κ3) is 8.61. The number of nitrogens with zero attached hydrogens (tertiary/aromatic N) is 2. The maximum atomic E-state index is 9.31. The van der Waals surface area contributed by atoms with Gasteiger partial charge in [-0.2, -0.15) is 0 Å². The fourth-order valence-corrected chi connectivity index (χ4v) is 3.85. The van der Waals surface area contributed by atoms with Crippen LogP contribution in [0.1, 0.15) is 57.6 Å². The molecule has 5 heteroatoms. The molecule has 1 aromatic rings. The lowest BCUT2D eigenvalue weighted by Crippen LogP contribution is -2.40. The van der Waals surface area contributed by atoms with Crippen molar-refractivity contribution in [1.82, 2.24) is 15.5 Å². The zero-order valence-corrected chi connectivity index (χ0v) is 18.1. The van der Waals surface area contributed by atoms with Crippen LogP contribution in [-0.2, 0) is 13.1 Å². The predicted molar refractivity (Wildman–Crippen MR) is 118 cm³/mol. The average molecular weight is 389 g/mol. The second-order valence-electron chi connectivity index (χ2n) is 8.38. The second-order valence-corrected chi connectivity index (χ2v) is 8.38. The third-order valence-corrected chi connectivity index (χ3v) is 5.29. The van der Waals surface area contributed by atoms with Crippen LogP contribution in [0.4, 0.5) is 0 Å². The van der Waals surface area contributed by atoms with E-state index in [1.807, 2.05) is 0 Å². The van der Waals surface area contributed by atoms with Crippen LogP contribution in [0.3, 0.4) is 0 Å². The summed E-state index contributed by atoms with van der Waals surface area (Å²) in [7, 11) is 0. The minimum absolute atomic E-state index is 0.247. The van der Waals surface area contributed by atoms with E-state index in [2.05, 4.69) is 60.6 Å². The van der Waals surface area contributed by atoms with E-state index in [1.54, 1.807) is 0 Å². The van der Waals surface area contributed by atoms with Crippen molar-refractivity contribution in [3.63, 3.8) is 0 Å². The number of hydrogen-bond acceptors (Lipinski definition) is 3. The van der Waals surface area contributed by atoms with E-state index >= 15 is 0 Å². The van der Waals surface area contributed by atoms with E-state index in [0.29, 0.717) is 18.4 Å². The zero-order valence-electron chi connectivity index (χ0n) is 18.1. The van der Waals surface area contributed by atoms with Gasteiger partial charge in [-0.25, -0.2) is 4.99 Å². The highest BCUT2D eigenvalue weighted by atomic mass is 16.3. The zero-order chi connectivity index (χ0) is 20.2. The molecule has 1 atom stereocenters. The molecule has 1 saturated heterocycles. The van der Waals surface area contributed by atoms with E-state index < -0.39 is 0 Å². The molecular weight excluding hydrogens is 348 g/mol. The summed E-state index contributed by atoms with van der Waals surface area (Å²) in [6.07, 6.45) is 4.63. The number of rotatable bonds is 11. The highest BCUT2D eigenvalue weighted by molar-refractivity contribution is 5.79. The van der Waals surface area contributed by atoms with Crippen LogP contribution in [0.15, 0.2) is 29.3 Å². The Morgan fingerprint density at radius 2 is 1.79 bits per heavy atom. The Morgan fingerprint density at radius 3 is 2.39 bits per heavy atom. The Hall–Kier alpha value is -1.59. The van der Waals surface area contributed by atoms with Gasteiger partial charge in [0, 0.05) is 26.2 Å². The quantitative estimate of drug-likeness (QED) is 0.402. The van der Waals surface area contributed by atoms with Crippen LogP contribution in [-0.4, -0.2) is 48.8 Å². The molecule has 1 fully saturated rings. The van der Waals surface area contributed by atoms with Crippen molar-refractivity contribution in [3.8, 4) is 0 Å². The van der Waals surface area contributed by atoms with Gasteiger partial charge in [-0.1, -0.05) is 38.1 Å². The van der Waals surface area contributed by atoms with Crippen LogP contribution in [0.5, 0.6) is 0 Å². The molecule has 1 aliphatic heterocycles. The largest absolute Gasteiger partial charge is 0.396 e. The van der Waals surface area contributed by atoms with Crippen LogP contribution in [0, 0.1) is 11.8 Å². The molecular formula is C23H40N4O. The summed E-state index contributed by atoms with van der Waals surface area (Å²) in [6, 6.07) is 8.88. The van der Waals surface area contributed by atoms with Gasteiger partial charge in [0.1, 0.15) is 0 Å². The standard InChI is InChI=1S/C23H40N4O/c1-4-24-23(26-17-22(11-14-28)15-19(2)3)25-16-20-7-9-21(10-8-20)18-27-12-5-6-13-27/h7-10,19,22,28H,4-6,11-18H2,1-3H3,(H2,24,25,26). The van der Waals surface area contributed by atoms with Gasteiger partial charge in [-0.3, -0.25) is 4.90 Å². The van der Waals surface area contributed by atoms with Gasteiger partial charge in [-0.15, -0.1) is 0 Å². The van der Waals surface area contributed by atoms with Crippen molar-refractivity contribution in [3.05, 3.63) is 35.4 Å². The molecule has 0 saturated carbocycles. The van der Waals surface area contributed by atoms with E-state index in [9.17, 15) is 5.11 Å². The molecule has 0 bridgehead atoms. The Balaban J connectivity index is 1.86. The van der Waals surface area contributed by atoms with Crippen molar-refractivity contribution in [1.29, 1.82) is 0 Å². The average Bonchev–Trinajstić information content (AvgIpc) is 3.18. The summed E-state index contributed by atoms with van der Waals surface area (Å²) < 4.78 is 0. The number of benzene rings is 1. The van der Waals surface area contributed by atoms with Crippen LogP contribution >= 0.6 is 0 Å². The molecule has 1 aromatic carbocycles. The van der Waals surface area contributed by atoms with Gasteiger partial charge in [-0.05, 0) is 68.7 Å². The topological polar surface area (TPSA) is 59.9 Å². The summed E-state index contributed by atoms with van der Waals surface area (Å²) in [4.78, 5) is 7.28. The minimum atomic E-state index is 0.247. The maximum Gasteiger partial charge on any atom is 0.191 e. The fraction of sp³-hybridized carbons (Fsp3) is 0.696. The SMILES string of the molecule is CCNC(=NCc1ccc(CN2CCCC2)cc1)NCC(CCO)CC(C)C. The van der Waals surface area contributed by atoms with Crippen LogP contribution < -0.4 is 10.6 Å². The highest BCUT2D eigenvalue weighted by Gasteiger charge is 2.12. The molecule has 0 aliphatic carbocycles. The molecule has 5 nitrogen and oxygen atoms in total. The lowest BCUT2D eigenvalue weighted by Gasteiger charge is -2.20. The number of likely N-dealkylation sites (tertiary alicyclic amines) is 1. The first-order valence-corrected chi connectivity index (χ1v) is 11.0. The number of aliphatic imine (C=N–C) groups is 1. The smallest absolute Gasteiger partial charge is 0.191 e. The molecule has 0 aromatic heterocycles. The van der Waals surface area contributed by atoms with Gasteiger partial charge in [0.05, 0.1) is 6.54 Å². The van der Waals surface area contributed by atoms with E-state index in [1.165, 1.54) is 37.1 Å². The van der Waals surface area contributed by atoms with Crippen molar-refractivity contribution < 1.29 is 5.11 Å².